The first-order chi connectivity index (χ1) is 12.7. The van der Waals surface area contributed by atoms with E-state index in [1.54, 1.807) is 14.2 Å². The highest BCUT2D eigenvalue weighted by atomic mass is 16.5. The Balaban J connectivity index is 1.78. The second kappa shape index (κ2) is 7.32. The standard InChI is InChI=1S/C23H28O3/c1-25-17-9-7-15(8-10-17)21-13-22-16(14-24)11-18(26-2)12-23(22)20-6-4-3-5-19(20)21/h7-12,19-21,24H,3-6,13-14H2,1-2H3. The SMILES string of the molecule is COc1ccc(C2Cc3c(CO)cc(OC)cc3C3CCCCC23)cc1. The molecular formula is C23H28O3. The van der Waals surface area contributed by atoms with Crippen LogP contribution >= 0.6 is 0 Å². The lowest BCUT2D eigenvalue weighted by Gasteiger charge is -2.43. The molecule has 4 rings (SSSR count). The number of rotatable bonds is 4. The summed E-state index contributed by atoms with van der Waals surface area (Å²) in [6.07, 6.45) is 6.14. The van der Waals surface area contributed by atoms with Crippen molar-refractivity contribution >= 4 is 0 Å². The largest absolute Gasteiger partial charge is 0.497 e. The van der Waals surface area contributed by atoms with Crippen molar-refractivity contribution in [2.45, 2.75) is 50.5 Å². The van der Waals surface area contributed by atoms with Gasteiger partial charge in [0.2, 0.25) is 0 Å². The maximum absolute atomic E-state index is 9.96. The first kappa shape index (κ1) is 17.4. The zero-order valence-electron chi connectivity index (χ0n) is 15.7. The van der Waals surface area contributed by atoms with Gasteiger partial charge in [0.15, 0.2) is 0 Å². The molecule has 1 N–H and O–H groups in total. The lowest BCUT2D eigenvalue weighted by atomic mass is 9.61. The highest BCUT2D eigenvalue weighted by Crippen LogP contribution is 2.52. The fourth-order valence-electron chi connectivity index (χ4n) is 5.18. The zero-order valence-corrected chi connectivity index (χ0v) is 15.7. The van der Waals surface area contributed by atoms with Crippen LogP contribution in [-0.4, -0.2) is 19.3 Å². The minimum atomic E-state index is 0.0756. The van der Waals surface area contributed by atoms with Crippen molar-refractivity contribution in [2.75, 3.05) is 14.2 Å². The topological polar surface area (TPSA) is 38.7 Å². The van der Waals surface area contributed by atoms with Crippen molar-refractivity contribution in [3.05, 3.63) is 58.7 Å². The molecule has 2 aromatic rings. The molecule has 0 amide bonds. The van der Waals surface area contributed by atoms with E-state index in [1.165, 1.54) is 42.4 Å². The van der Waals surface area contributed by atoms with Crippen molar-refractivity contribution in [1.29, 1.82) is 0 Å². The van der Waals surface area contributed by atoms with E-state index < -0.39 is 0 Å². The first-order valence-electron chi connectivity index (χ1n) is 9.69. The van der Waals surface area contributed by atoms with Crippen molar-refractivity contribution in [1.82, 2.24) is 0 Å². The Kier molecular flexibility index (Phi) is 4.90. The van der Waals surface area contributed by atoms with E-state index in [2.05, 4.69) is 30.3 Å². The molecule has 2 aromatic carbocycles. The molecule has 1 saturated carbocycles. The molecule has 1 fully saturated rings. The molecular weight excluding hydrogens is 324 g/mol. The normalized spacial score (nSPS) is 24.5. The first-order valence-corrected chi connectivity index (χ1v) is 9.69. The lowest BCUT2D eigenvalue weighted by Crippen LogP contribution is -2.31. The van der Waals surface area contributed by atoms with Crippen LogP contribution in [0.25, 0.3) is 0 Å². The minimum absolute atomic E-state index is 0.0756. The number of ether oxygens (including phenoxy) is 2. The van der Waals surface area contributed by atoms with Gasteiger partial charge in [-0.25, -0.2) is 0 Å². The quantitative estimate of drug-likeness (QED) is 0.858. The molecule has 0 spiro atoms. The second-order valence-corrected chi connectivity index (χ2v) is 7.65. The molecule has 138 valence electrons. The van der Waals surface area contributed by atoms with Crippen molar-refractivity contribution in [3.8, 4) is 11.5 Å². The number of benzene rings is 2. The van der Waals surface area contributed by atoms with E-state index in [4.69, 9.17) is 9.47 Å². The molecule has 0 heterocycles. The Bertz CT molecular complexity index is 766. The molecule has 0 aromatic heterocycles. The summed E-state index contributed by atoms with van der Waals surface area (Å²) in [4.78, 5) is 0. The van der Waals surface area contributed by atoms with Crippen molar-refractivity contribution < 1.29 is 14.6 Å². The average Bonchev–Trinajstić information content (AvgIpc) is 2.72. The summed E-state index contributed by atoms with van der Waals surface area (Å²) < 4.78 is 10.8. The van der Waals surface area contributed by atoms with Gasteiger partial charge in [-0.15, -0.1) is 0 Å². The van der Waals surface area contributed by atoms with Gasteiger partial charge in [0.25, 0.3) is 0 Å². The third-order valence-electron chi connectivity index (χ3n) is 6.46. The van der Waals surface area contributed by atoms with Crippen molar-refractivity contribution in [3.63, 3.8) is 0 Å². The molecule has 0 bridgehead atoms. The van der Waals surface area contributed by atoms with Crippen LogP contribution < -0.4 is 9.47 Å². The van der Waals surface area contributed by atoms with E-state index in [0.29, 0.717) is 17.8 Å². The van der Waals surface area contributed by atoms with Gasteiger partial charge >= 0.3 is 0 Å². The molecule has 26 heavy (non-hydrogen) atoms. The van der Waals surface area contributed by atoms with Gasteiger partial charge in [0, 0.05) is 0 Å². The van der Waals surface area contributed by atoms with Gasteiger partial charge in [-0.05, 0) is 83.5 Å². The van der Waals surface area contributed by atoms with Gasteiger partial charge in [0.05, 0.1) is 20.8 Å². The van der Waals surface area contributed by atoms with Crippen LogP contribution in [0.2, 0.25) is 0 Å². The van der Waals surface area contributed by atoms with Crippen LogP contribution in [0.5, 0.6) is 11.5 Å². The summed E-state index contributed by atoms with van der Waals surface area (Å²) in [6, 6.07) is 12.8. The molecule has 0 aliphatic heterocycles. The number of hydrogen-bond donors (Lipinski definition) is 1. The van der Waals surface area contributed by atoms with E-state index >= 15 is 0 Å². The minimum Gasteiger partial charge on any atom is -0.497 e. The third kappa shape index (κ3) is 2.99. The molecule has 0 saturated heterocycles. The van der Waals surface area contributed by atoms with Crippen LogP contribution in [-0.2, 0) is 13.0 Å². The molecule has 3 atom stereocenters. The summed E-state index contributed by atoms with van der Waals surface area (Å²) >= 11 is 0. The summed E-state index contributed by atoms with van der Waals surface area (Å²) in [5.41, 5.74) is 5.19. The lowest BCUT2D eigenvalue weighted by molar-refractivity contribution is 0.237. The third-order valence-corrected chi connectivity index (χ3v) is 6.46. The molecule has 3 nitrogen and oxygen atoms in total. The highest BCUT2D eigenvalue weighted by molar-refractivity contribution is 5.48. The Labute approximate surface area is 156 Å². The van der Waals surface area contributed by atoms with Crippen LogP contribution in [0.1, 0.15) is 59.8 Å². The number of aliphatic hydroxyl groups excluding tert-OH is 1. The van der Waals surface area contributed by atoms with Crippen LogP contribution in [0.15, 0.2) is 36.4 Å². The average molecular weight is 352 g/mol. The Morgan fingerprint density at radius 1 is 0.923 bits per heavy atom. The maximum atomic E-state index is 9.96. The van der Waals surface area contributed by atoms with Crippen molar-refractivity contribution in [2.24, 2.45) is 5.92 Å². The number of fused-ring (bicyclic) bond motifs is 3. The number of methoxy groups -OCH3 is 2. The second-order valence-electron chi connectivity index (χ2n) is 7.65. The molecule has 0 radical (unpaired) electrons. The Morgan fingerprint density at radius 3 is 2.35 bits per heavy atom. The van der Waals surface area contributed by atoms with Gasteiger partial charge < -0.3 is 14.6 Å². The fraction of sp³-hybridized carbons (Fsp3) is 0.478. The number of aliphatic hydroxyl groups is 1. The highest BCUT2D eigenvalue weighted by Gasteiger charge is 2.39. The van der Waals surface area contributed by atoms with Gasteiger partial charge in [-0.2, -0.15) is 0 Å². The summed E-state index contributed by atoms with van der Waals surface area (Å²) in [6.45, 7) is 0.0756. The monoisotopic (exact) mass is 352 g/mol. The van der Waals surface area contributed by atoms with Gasteiger partial charge in [-0.3, -0.25) is 0 Å². The fourth-order valence-corrected chi connectivity index (χ4v) is 5.18. The molecule has 3 unspecified atom stereocenters. The molecule has 2 aliphatic rings. The van der Waals surface area contributed by atoms with E-state index in [1.807, 2.05) is 6.07 Å². The Morgan fingerprint density at radius 2 is 1.65 bits per heavy atom. The van der Waals surface area contributed by atoms with Crippen LogP contribution in [0, 0.1) is 5.92 Å². The number of hydrogen-bond acceptors (Lipinski definition) is 3. The molecule has 2 aliphatic carbocycles. The Hall–Kier alpha value is -2.00. The van der Waals surface area contributed by atoms with E-state index in [0.717, 1.165) is 23.5 Å². The smallest absolute Gasteiger partial charge is 0.119 e. The van der Waals surface area contributed by atoms with Gasteiger partial charge in [-0.1, -0.05) is 25.0 Å². The van der Waals surface area contributed by atoms with E-state index in [9.17, 15) is 5.11 Å². The summed E-state index contributed by atoms with van der Waals surface area (Å²) in [5.74, 6) is 3.53. The van der Waals surface area contributed by atoms with Crippen LogP contribution in [0.3, 0.4) is 0 Å². The zero-order chi connectivity index (χ0) is 18.1. The van der Waals surface area contributed by atoms with Crippen LogP contribution in [0.4, 0.5) is 0 Å². The van der Waals surface area contributed by atoms with Gasteiger partial charge in [0.1, 0.15) is 11.5 Å². The predicted molar refractivity (Wildman–Crippen MR) is 103 cm³/mol. The maximum Gasteiger partial charge on any atom is 0.119 e. The summed E-state index contributed by atoms with van der Waals surface area (Å²) in [5, 5.41) is 9.96. The predicted octanol–water partition coefficient (Wildman–Crippen LogP) is 4.81. The van der Waals surface area contributed by atoms with E-state index in [-0.39, 0.29) is 6.61 Å². The molecule has 3 heteroatoms. The summed E-state index contributed by atoms with van der Waals surface area (Å²) in [7, 11) is 3.42.